The Morgan fingerprint density at radius 2 is 1.76 bits per heavy atom. The highest BCUT2D eigenvalue weighted by atomic mass is 19.1. The Hall–Kier alpha value is -3.52. The second kappa shape index (κ2) is 9.38. The predicted octanol–water partition coefficient (Wildman–Crippen LogP) is 4.69. The smallest absolute Gasteiger partial charge is 0.222 e. The van der Waals surface area contributed by atoms with E-state index >= 15 is 0 Å². The van der Waals surface area contributed by atoms with Crippen LogP contribution in [0.25, 0.3) is 22.2 Å². The van der Waals surface area contributed by atoms with Gasteiger partial charge >= 0.3 is 0 Å². The molecule has 1 saturated heterocycles. The molecule has 0 unspecified atom stereocenters. The van der Waals surface area contributed by atoms with Crippen molar-refractivity contribution in [1.29, 1.82) is 0 Å². The monoisotopic (exact) mass is 464 g/mol. The van der Waals surface area contributed by atoms with Crippen molar-refractivity contribution >= 4 is 16.8 Å². The summed E-state index contributed by atoms with van der Waals surface area (Å²) in [5, 5.41) is 4.79. The zero-order valence-corrected chi connectivity index (χ0v) is 19.0. The minimum Gasteiger partial charge on any atom is -0.361 e. The number of piperazine rings is 1. The van der Waals surface area contributed by atoms with Crippen LogP contribution in [0.5, 0.6) is 0 Å². The number of fused-ring (bicyclic) bond motifs is 1. The summed E-state index contributed by atoms with van der Waals surface area (Å²) in [6.45, 7) is 5.44. The Morgan fingerprint density at radius 3 is 2.47 bits per heavy atom. The Morgan fingerprint density at radius 1 is 1.03 bits per heavy atom. The predicted molar refractivity (Wildman–Crippen MR) is 125 cm³/mol. The van der Waals surface area contributed by atoms with E-state index in [2.05, 4.69) is 15.0 Å². The van der Waals surface area contributed by atoms with E-state index in [-0.39, 0.29) is 17.5 Å². The number of halogens is 2. The fraction of sp³-hybridized carbons (Fsp3) is 0.308. The van der Waals surface area contributed by atoms with Crippen molar-refractivity contribution in [3.63, 3.8) is 0 Å². The maximum Gasteiger partial charge on any atom is 0.222 e. The van der Waals surface area contributed by atoms with Gasteiger partial charge in [0.15, 0.2) is 0 Å². The molecule has 2 aromatic heterocycles. The molecule has 0 atom stereocenters. The Labute approximate surface area is 196 Å². The number of H-pyrrole nitrogens is 1. The second-order valence-corrected chi connectivity index (χ2v) is 8.76. The van der Waals surface area contributed by atoms with Crippen LogP contribution >= 0.6 is 0 Å². The van der Waals surface area contributed by atoms with Gasteiger partial charge in [-0.3, -0.25) is 9.69 Å². The van der Waals surface area contributed by atoms with Gasteiger partial charge in [-0.15, -0.1) is 0 Å². The molecule has 1 amide bonds. The van der Waals surface area contributed by atoms with Crippen LogP contribution in [0.3, 0.4) is 0 Å². The van der Waals surface area contributed by atoms with Crippen molar-refractivity contribution in [2.24, 2.45) is 0 Å². The molecule has 34 heavy (non-hydrogen) atoms. The van der Waals surface area contributed by atoms with Crippen LogP contribution in [-0.4, -0.2) is 52.0 Å². The van der Waals surface area contributed by atoms with Gasteiger partial charge in [-0.2, -0.15) is 0 Å². The molecule has 4 aromatic rings. The number of amides is 1. The molecule has 0 bridgehead atoms. The van der Waals surface area contributed by atoms with Crippen LogP contribution < -0.4 is 0 Å². The highest BCUT2D eigenvalue weighted by molar-refractivity contribution is 5.91. The van der Waals surface area contributed by atoms with Crippen molar-refractivity contribution in [3.05, 3.63) is 77.2 Å². The molecule has 0 saturated carbocycles. The highest BCUT2D eigenvalue weighted by Crippen LogP contribution is 2.32. The van der Waals surface area contributed by atoms with Gasteiger partial charge in [-0.05, 0) is 66.9 Å². The fourth-order valence-corrected chi connectivity index (χ4v) is 4.61. The number of aromatic amines is 1. The third kappa shape index (κ3) is 4.72. The van der Waals surface area contributed by atoms with Crippen LogP contribution in [0.4, 0.5) is 8.78 Å². The van der Waals surface area contributed by atoms with Crippen LogP contribution in [0.1, 0.15) is 23.4 Å². The van der Waals surface area contributed by atoms with E-state index in [1.807, 2.05) is 17.9 Å². The van der Waals surface area contributed by atoms with Gasteiger partial charge < -0.3 is 14.4 Å². The number of benzene rings is 2. The average Bonchev–Trinajstić information content (AvgIpc) is 3.41. The maximum absolute atomic E-state index is 14.0. The van der Waals surface area contributed by atoms with Crippen molar-refractivity contribution in [1.82, 2.24) is 19.9 Å². The van der Waals surface area contributed by atoms with Gasteiger partial charge in [0.25, 0.3) is 0 Å². The fourth-order valence-electron chi connectivity index (χ4n) is 4.61. The Bertz CT molecular complexity index is 1300. The molecular formula is C26H26F2N4O2. The molecule has 1 fully saturated rings. The van der Waals surface area contributed by atoms with Gasteiger partial charge in [0.1, 0.15) is 17.4 Å². The number of nitrogens with zero attached hydrogens (tertiary/aromatic N) is 3. The lowest BCUT2D eigenvalue weighted by molar-refractivity contribution is -0.133. The molecule has 5 rings (SSSR count). The van der Waals surface area contributed by atoms with E-state index in [1.54, 1.807) is 18.2 Å². The zero-order valence-electron chi connectivity index (χ0n) is 19.0. The number of aromatic nitrogens is 2. The molecule has 6 nitrogen and oxygen atoms in total. The minimum atomic E-state index is -0.330. The summed E-state index contributed by atoms with van der Waals surface area (Å²) in [4.78, 5) is 20.5. The molecule has 1 aliphatic heterocycles. The van der Waals surface area contributed by atoms with Gasteiger partial charge in [0.2, 0.25) is 5.91 Å². The normalized spacial score (nSPS) is 14.7. The quantitative estimate of drug-likeness (QED) is 0.450. The van der Waals surface area contributed by atoms with Gasteiger partial charge in [0, 0.05) is 61.8 Å². The number of carbonyl (C=O) groups is 1. The first-order valence-corrected chi connectivity index (χ1v) is 11.4. The van der Waals surface area contributed by atoms with Crippen molar-refractivity contribution in [2.75, 3.05) is 26.2 Å². The summed E-state index contributed by atoms with van der Waals surface area (Å²) in [7, 11) is 0. The number of nitrogens with one attached hydrogen (secondary N) is 1. The summed E-state index contributed by atoms with van der Waals surface area (Å²) in [5.74, 6) is 0.220. The molecule has 1 N–H and O–H groups in total. The van der Waals surface area contributed by atoms with Crippen LogP contribution in [0.2, 0.25) is 0 Å². The van der Waals surface area contributed by atoms with Crippen molar-refractivity contribution in [3.8, 4) is 11.3 Å². The Kier molecular flexibility index (Phi) is 6.15. The van der Waals surface area contributed by atoms with Crippen molar-refractivity contribution in [2.45, 2.75) is 26.3 Å². The summed E-state index contributed by atoms with van der Waals surface area (Å²) < 4.78 is 32.6. The first-order chi connectivity index (χ1) is 16.5. The first-order valence-electron chi connectivity index (χ1n) is 11.4. The highest BCUT2D eigenvalue weighted by Gasteiger charge is 2.23. The number of hydrogen-bond acceptors (Lipinski definition) is 4. The summed E-state index contributed by atoms with van der Waals surface area (Å²) in [6.07, 6.45) is 0.785. The molecule has 0 radical (unpaired) electrons. The van der Waals surface area contributed by atoms with Gasteiger partial charge in [-0.25, -0.2) is 8.78 Å². The second-order valence-electron chi connectivity index (χ2n) is 8.76. The lowest BCUT2D eigenvalue weighted by atomic mass is 10.0. The van der Waals surface area contributed by atoms with Crippen LogP contribution in [-0.2, 0) is 17.8 Å². The average molecular weight is 465 g/mol. The van der Waals surface area contributed by atoms with Crippen molar-refractivity contribution < 1.29 is 18.1 Å². The number of rotatable bonds is 6. The zero-order chi connectivity index (χ0) is 23.7. The van der Waals surface area contributed by atoms with Crippen LogP contribution in [0, 0.1) is 18.6 Å². The lowest BCUT2D eigenvalue weighted by Crippen LogP contribution is -2.48. The molecule has 3 heterocycles. The molecule has 1 aliphatic rings. The Balaban J connectivity index is 1.27. The minimum absolute atomic E-state index is 0.0766. The third-order valence-corrected chi connectivity index (χ3v) is 6.38. The molecule has 8 heteroatoms. The van der Waals surface area contributed by atoms with E-state index in [9.17, 15) is 13.6 Å². The lowest BCUT2D eigenvalue weighted by Gasteiger charge is -2.34. The number of hydrogen-bond donors (Lipinski definition) is 1. The summed E-state index contributed by atoms with van der Waals surface area (Å²) >= 11 is 0. The number of aryl methyl sites for hydroxylation is 2. The summed E-state index contributed by atoms with van der Waals surface area (Å²) in [5.41, 5.74) is 4.16. The molecule has 0 spiro atoms. The SMILES string of the molecule is Cc1cc(CN2CCN(C(=O)CCc3c(-c4ccc(F)cc4)[nH]c4ccc(F)cc34)CC2)no1. The summed E-state index contributed by atoms with van der Waals surface area (Å²) in [6, 6.07) is 12.7. The molecular weight excluding hydrogens is 438 g/mol. The number of carbonyl (C=O) groups excluding carboxylic acids is 1. The molecule has 2 aromatic carbocycles. The van der Waals surface area contributed by atoms with E-state index in [4.69, 9.17) is 4.52 Å². The van der Waals surface area contributed by atoms with E-state index in [0.717, 1.165) is 52.3 Å². The van der Waals surface area contributed by atoms with E-state index in [0.29, 0.717) is 32.5 Å². The van der Waals surface area contributed by atoms with Gasteiger partial charge in [0.05, 0.1) is 5.69 Å². The first kappa shape index (κ1) is 22.3. The maximum atomic E-state index is 14.0. The molecule has 176 valence electrons. The van der Waals surface area contributed by atoms with E-state index < -0.39 is 0 Å². The third-order valence-electron chi connectivity index (χ3n) is 6.38. The largest absolute Gasteiger partial charge is 0.361 e. The van der Waals surface area contributed by atoms with Crippen LogP contribution in [0.15, 0.2) is 53.1 Å². The standard InChI is InChI=1S/C26H26F2N4O2/c1-17-14-21(30-34-17)16-31-10-12-32(13-11-31)25(33)9-7-22-23-15-20(28)6-8-24(23)29-26(22)18-2-4-19(27)5-3-18/h2-6,8,14-15,29H,7,9-13,16H2,1H3. The molecule has 0 aliphatic carbocycles. The van der Waals surface area contributed by atoms with Gasteiger partial charge in [-0.1, -0.05) is 5.16 Å². The van der Waals surface area contributed by atoms with E-state index in [1.165, 1.54) is 24.3 Å². The topological polar surface area (TPSA) is 65.4 Å².